The van der Waals surface area contributed by atoms with Gasteiger partial charge in [0.15, 0.2) is 0 Å². The first-order valence-corrected chi connectivity index (χ1v) is 11.8. The number of carboxylic acids is 1. The topological polar surface area (TPSA) is 74.6 Å². The lowest BCUT2D eigenvalue weighted by Crippen LogP contribution is -2.38. The number of anilines is 1. The Morgan fingerprint density at radius 2 is 2.13 bits per heavy atom. The van der Waals surface area contributed by atoms with Gasteiger partial charge in [0.1, 0.15) is 11.4 Å². The minimum absolute atomic E-state index is 0.0378. The SMILES string of the molecule is O=C(O)c1cn(C2CC2)c2c(Cl)c(N3CCC(C4CNCCS4)C3)c(F)cc2c1=O. The Morgan fingerprint density at radius 1 is 1.33 bits per heavy atom. The van der Waals surface area contributed by atoms with Gasteiger partial charge in [0, 0.05) is 49.4 Å². The van der Waals surface area contributed by atoms with Crippen molar-refractivity contribution in [2.75, 3.05) is 36.8 Å². The van der Waals surface area contributed by atoms with Crippen LogP contribution in [0.25, 0.3) is 10.9 Å². The van der Waals surface area contributed by atoms with Crippen molar-refractivity contribution in [2.45, 2.75) is 30.6 Å². The van der Waals surface area contributed by atoms with Crippen LogP contribution in [0.5, 0.6) is 0 Å². The molecule has 1 aromatic heterocycles. The van der Waals surface area contributed by atoms with Crippen molar-refractivity contribution in [1.82, 2.24) is 9.88 Å². The average molecular weight is 452 g/mol. The van der Waals surface area contributed by atoms with Crippen molar-refractivity contribution in [2.24, 2.45) is 5.92 Å². The van der Waals surface area contributed by atoms with Gasteiger partial charge in [-0.3, -0.25) is 4.79 Å². The fourth-order valence-corrected chi connectivity index (χ4v) is 6.40. The third kappa shape index (κ3) is 3.39. The van der Waals surface area contributed by atoms with Crippen molar-refractivity contribution in [3.63, 3.8) is 0 Å². The highest BCUT2D eigenvalue weighted by molar-refractivity contribution is 8.00. The number of nitrogens with one attached hydrogen (secondary N) is 1. The van der Waals surface area contributed by atoms with Crippen LogP contribution in [0.2, 0.25) is 5.02 Å². The molecule has 0 bridgehead atoms. The van der Waals surface area contributed by atoms with E-state index in [1.54, 1.807) is 4.57 Å². The molecule has 9 heteroatoms. The van der Waals surface area contributed by atoms with Gasteiger partial charge in [-0.25, -0.2) is 9.18 Å². The largest absolute Gasteiger partial charge is 0.477 e. The second-order valence-corrected chi connectivity index (χ2v) is 10.1. The molecule has 0 amide bonds. The average Bonchev–Trinajstić information content (AvgIpc) is 3.46. The van der Waals surface area contributed by atoms with E-state index in [-0.39, 0.29) is 22.0 Å². The van der Waals surface area contributed by atoms with Gasteiger partial charge >= 0.3 is 5.97 Å². The van der Waals surface area contributed by atoms with Crippen LogP contribution in [0.15, 0.2) is 17.1 Å². The summed E-state index contributed by atoms with van der Waals surface area (Å²) in [6.45, 7) is 3.43. The molecule has 1 aliphatic carbocycles. The number of carbonyl (C=O) groups is 1. The van der Waals surface area contributed by atoms with E-state index in [1.807, 2.05) is 16.7 Å². The van der Waals surface area contributed by atoms with E-state index in [9.17, 15) is 14.7 Å². The van der Waals surface area contributed by atoms with Crippen LogP contribution in [0, 0.1) is 11.7 Å². The zero-order chi connectivity index (χ0) is 21.0. The Labute approximate surface area is 182 Å². The lowest BCUT2D eigenvalue weighted by atomic mass is 10.0. The second-order valence-electron chi connectivity index (χ2n) is 8.34. The number of carboxylic acid groups (broad SMARTS) is 1. The smallest absolute Gasteiger partial charge is 0.341 e. The summed E-state index contributed by atoms with van der Waals surface area (Å²) in [5, 5.41) is 13.6. The van der Waals surface area contributed by atoms with Gasteiger partial charge in [-0.05, 0) is 31.2 Å². The molecule has 0 spiro atoms. The van der Waals surface area contributed by atoms with E-state index >= 15 is 4.39 Å². The maximum absolute atomic E-state index is 15.2. The highest BCUT2D eigenvalue weighted by Gasteiger charge is 2.35. The lowest BCUT2D eigenvalue weighted by molar-refractivity contribution is 0.0695. The molecule has 2 N–H and O–H groups in total. The quantitative estimate of drug-likeness (QED) is 0.742. The molecular formula is C21H23ClFN3O3S. The molecule has 3 heterocycles. The van der Waals surface area contributed by atoms with Crippen molar-refractivity contribution in [3.8, 4) is 0 Å². The monoisotopic (exact) mass is 451 g/mol. The molecule has 3 fully saturated rings. The van der Waals surface area contributed by atoms with Crippen LogP contribution in [0.3, 0.4) is 0 Å². The Bertz CT molecular complexity index is 1080. The van der Waals surface area contributed by atoms with Crippen LogP contribution < -0.4 is 15.6 Å². The minimum Gasteiger partial charge on any atom is -0.477 e. The third-order valence-electron chi connectivity index (χ3n) is 6.38. The molecule has 6 nitrogen and oxygen atoms in total. The van der Waals surface area contributed by atoms with Gasteiger partial charge in [0.2, 0.25) is 5.43 Å². The first-order valence-electron chi connectivity index (χ1n) is 10.3. The highest BCUT2D eigenvalue weighted by Crippen LogP contribution is 2.43. The second kappa shape index (κ2) is 7.73. The molecule has 2 aromatic rings. The molecule has 2 saturated heterocycles. The van der Waals surface area contributed by atoms with Gasteiger partial charge in [0.25, 0.3) is 0 Å². The summed E-state index contributed by atoms with van der Waals surface area (Å²) in [4.78, 5) is 26.2. The lowest BCUT2D eigenvalue weighted by Gasteiger charge is -2.28. The minimum atomic E-state index is -1.31. The van der Waals surface area contributed by atoms with Crippen LogP contribution in [-0.4, -0.2) is 52.8 Å². The summed E-state index contributed by atoms with van der Waals surface area (Å²) in [5.41, 5.74) is -0.258. The Kier molecular flexibility index (Phi) is 5.19. The molecule has 2 unspecified atom stereocenters. The number of halogens is 2. The maximum Gasteiger partial charge on any atom is 0.341 e. The van der Waals surface area contributed by atoms with Crippen LogP contribution in [0.4, 0.5) is 10.1 Å². The molecule has 0 radical (unpaired) electrons. The van der Waals surface area contributed by atoms with E-state index in [2.05, 4.69) is 5.32 Å². The number of fused-ring (bicyclic) bond motifs is 1. The zero-order valence-corrected chi connectivity index (χ0v) is 17.9. The third-order valence-corrected chi connectivity index (χ3v) is 8.16. The van der Waals surface area contributed by atoms with Crippen LogP contribution >= 0.6 is 23.4 Å². The van der Waals surface area contributed by atoms with Crippen LogP contribution in [0.1, 0.15) is 35.7 Å². The highest BCUT2D eigenvalue weighted by atomic mass is 35.5. The standard InChI is InChI=1S/C21H23ClFN3O3S/c22-17-18-13(20(27)14(21(28)29)10-26(18)12-1-2-12)7-15(23)19(17)25-5-3-11(9-25)16-8-24-4-6-30-16/h7,10-12,16,24H,1-6,8-9H2,(H,28,29). The van der Waals surface area contributed by atoms with Gasteiger partial charge in [-0.2, -0.15) is 11.8 Å². The number of nitrogens with zero attached hydrogens (tertiary/aromatic N) is 2. The molecule has 2 aliphatic heterocycles. The van der Waals surface area contributed by atoms with Gasteiger partial charge in [0.05, 0.1) is 21.6 Å². The summed E-state index contributed by atoms with van der Waals surface area (Å²) >= 11 is 8.71. The van der Waals surface area contributed by atoms with E-state index in [4.69, 9.17) is 11.6 Å². The fraction of sp³-hybridized carbons (Fsp3) is 0.524. The number of benzene rings is 1. The van der Waals surface area contributed by atoms with E-state index in [0.717, 1.165) is 44.6 Å². The van der Waals surface area contributed by atoms with Crippen molar-refractivity contribution in [1.29, 1.82) is 0 Å². The molecule has 1 saturated carbocycles. The van der Waals surface area contributed by atoms with Crippen LogP contribution in [-0.2, 0) is 0 Å². The fourth-order valence-electron chi connectivity index (χ4n) is 4.70. The molecule has 1 aromatic carbocycles. The molecule has 5 rings (SSSR count). The van der Waals surface area contributed by atoms with Crippen molar-refractivity contribution < 1.29 is 14.3 Å². The van der Waals surface area contributed by atoms with E-state index < -0.39 is 17.2 Å². The molecule has 160 valence electrons. The number of hydrogen-bond donors (Lipinski definition) is 2. The van der Waals surface area contributed by atoms with E-state index in [0.29, 0.717) is 28.9 Å². The predicted molar refractivity (Wildman–Crippen MR) is 118 cm³/mol. The summed E-state index contributed by atoms with van der Waals surface area (Å²) in [7, 11) is 0. The summed E-state index contributed by atoms with van der Waals surface area (Å²) in [6, 6.07) is 1.27. The Morgan fingerprint density at radius 3 is 2.80 bits per heavy atom. The first kappa shape index (κ1) is 20.2. The first-order chi connectivity index (χ1) is 14.5. The zero-order valence-electron chi connectivity index (χ0n) is 16.4. The normalized spacial score (nSPS) is 24.5. The summed E-state index contributed by atoms with van der Waals surface area (Å²) < 4.78 is 17.0. The van der Waals surface area contributed by atoms with E-state index in [1.165, 1.54) is 12.3 Å². The predicted octanol–water partition coefficient (Wildman–Crippen LogP) is 3.36. The molecule has 3 aliphatic rings. The summed E-state index contributed by atoms with van der Waals surface area (Å²) in [6.07, 6.45) is 4.12. The Hall–Kier alpha value is -1.77. The number of hydrogen-bond acceptors (Lipinski definition) is 5. The van der Waals surface area contributed by atoms with Gasteiger partial charge in [-0.15, -0.1) is 0 Å². The van der Waals surface area contributed by atoms with Crippen molar-refractivity contribution >= 4 is 45.9 Å². The summed E-state index contributed by atoms with van der Waals surface area (Å²) in [5.74, 6) is -0.331. The molecular weight excluding hydrogens is 429 g/mol. The van der Waals surface area contributed by atoms with Crippen molar-refractivity contribution in [3.05, 3.63) is 38.9 Å². The number of rotatable bonds is 4. The number of aromatic nitrogens is 1. The molecule has 2 atom stereocenters. The number of pyridine rings is 1. The van der Waals surface area contributed by atoms with Gasteiger partial charge < -0.3 is 19.9 Å². The molecule has 30 heavy (non-hydrogen) atoms. The maximum atomic E-state index is 15.2. The number of aromatic carboxylic acids is 1. The Balaban J connectivity index is 1.58. The van der Waals surface area contributed by atoms with Gasteiger partial charge in [-0.1, -0.05) is 11.6 Å². The number of thioether (sulfide) groups is 1.